The summed E-state index contributed by atoms with van der Waals surface area (Å²) in [6.07, 6.45) is -1.39. The number of rotatable bonds is 7. The maximum Gasteiger partial charge on any atom is 0.433 e. The molecule has 184 valence electrons. The highest BCUT2D eigenvalue weighted by molar-refractivity contribution is 5.90. The molecule has 2 atom stereocenters. The van der Waals surface area contributed by atoms with Gasteiger partial charge in [-0.25, -0.2) is 9.18 Å². The predicted molar refractivity (Wildman–Crippen MR) is 118 cm³/mol. The maximum atomic E-state index is 15.0. The van der Waals surface area contributed by atoms with Crippen molar-refractivity contribution in [1.29, 1.82) is 0 Å². The van der Waals surface area contributed by atoms with Gasteiger partial charge in [0.15, 0.2) is 6.10 Å². The molecule has 0 aliphatic carbocycles. The number of aromatic nitrogens is 1. The highest BCUT2D eigenvalue weighted by atomic mass is 19.1. The Morgan fingerprint density at radius 2 is 2.00 bits per heavy atom. The predicted octanol–water partition coefficient (Wildman–Crippen LogP) is 2.70. The highest BCUT2D eigenvalue weighted by Gasteiger charge is 2.38. The number of benzene rings is 1. The molecule has 1 N–H and O–H groups in total. The number of hydrogen-bond acceptors (Lipinski definition) is 10. The van der Waals surface area contributed by atoms with Crippen LogP contribution in [0.2, 0.25) is 0 Å². The van der Waals surface area contributed by atoms with E-state index in [-0.39, 0.29) is 18.1 Å². The Kier molecular flexibility index (Phi) is 6.09. The van der Waals surface area contributed by atoms with E-state index in [1.807, 2.05) is 4.90 Å². The third kappa shape index (κ3) is 4.68. The van der Waals surface area contributed by atoms with Crippen LogP contribution in [0, 0.1) is 15.9 Å². The molecule has 2 saturated heterocycles. The number of furan rings is 1. The van der Waals surface area contributed by atoms with E-state index >= 15 is 4.39 Å². The summed E-state index contributed by atoms with van der Waals surface area (Å²) in [6.45, 7) is 2.82. The Morgan fingerprint density at radius 1 is 1.20 bits per heavy atom. The first kappa shape index (κ1) is 22.8. The molecule has 0 saturated carbocycles. The third-order valence-electron chi connectivity index (χ3n) is 6.11. The number of cyclic esters (lactones) is 1. The number of ether oxygens (including phenoxy) is 1. The molecule has 12 nitrogen and oxygen atoms in total. The number of aliphatic hydroxyl groups is 1. The average molecular weight is 487 g/mol. The number of hydrogen-bond donors (Lipinski definition) is 1. The number of nitrogens with zero attached hydrogens (tertiary/aromatic N) is 5. The molecule has 0 bridgehead atoms. The highest BCUT2D eigenvalue weighted by Crippen LogP contribution is 2.31. The molecule has 2 aliphatic heterocycles. The monoisotopic (exact) mass is 487 g/mol. The van der Waals surface area contributed by atoms with E-state index in [4.69, 9.17) is 13.7 Å². The average Bonchev–Trinajstić information content (AvgIpc) is 3.61. The van der Waals surface area contributed by atoms with Crippen LogP contribution in [0.3, 0.4) is 0 Å². The van der Waals surface area contributed by atoms with Crippen LogP contribution in [-0.4, -0.2) is 65.0 Å². The second-order valence-electron chi connectivity index (χ2n) is 8.30. The molecule has 2 aromatic heterocycles. The number of nitro groups is 1. The van der Waals surface area contributed by atoms with Crippen molar-refractivity contribution in [2.24, 2.45) is 0 Å². The van der Waals surface area contributed by atoms with Gasteiger partial charge in [0.1, 0.15) is 34.6 Å². The molecule has 1 aromatic carbocycles. The van der Waals surface area contributed by atoms with E-state index in [1.54, 1.807) is 18.2 Å². The molecule has 0 radical (unpaired) electrons. The Bertz CT molecular complexity index is 1210. The minimum absolute atomic E-state index is 0.0370. The molecule has 3 aromatic rings. The van der Waals surface area contributed by atoms with Gasteiger partial charge in [0.2, 0.25) is 0 Å². The first-order valence-corrected chi connectivity index (χ1v) is 11.0. The SMILES string of the molecule is O=C1OC(C(O)c2ccon2)CN1c1ccc(N2CCN(Cc3ccc([N+](=O)[O-])o3)CC2)c(F)c1. The van der Waals surface area contributed by atoms with E-state index in [0.717, 1.165) is 0 Å². The van der Waals surface area contributed by atoms with Crippen molar-refractivity contribution in [2.45, 2.75) is 18.8 Å². The minimum atomic E-state index is -1.16. The first-order valence-electron chi connectivity index (χ1n) is 11.0. The van der Waals surface area contributed by atoms with Crippen LogP contribution in [0.1, 0.15) is 17.6 Å². The second-order valence-corrected chi connectivity index (χ2v) is 8.30. The molecule has 2 fully saturated rings. The zero-order chi connectivity index (χ0) is 24.5. The topological polar surface area (TPSA) is 139 Å². The molecule has 5 rings (SSSR count). The van der Waals surface area contributed by atoms with Gasteiger partial charge < -0.3 is 23.7 Å². The van der Waals surface area contributed by atoms with Crippen molar-refractivity contribution in [3.8, 4) is 0 Å². The van der Waals surface area contributed by atoms with E-state index < -0.39 is 29.0 Å². The summed E-state index contributed by atoms with van der Waals surface area (Å²) in [6, 6.07) is 8.92. The number of piperazine rings is 1. The van der Waals surface area contributed by atoms with Crippen molar-refractivity contribution in [3.05, 3.63) is 70.0 Å². The van der Waals surface area contributed by atoms with Gasteiger partial charge in [-0.2, -0.15) is 0 Å². The van der Waals surface area contributed by atoms with Crippen molar-refractivity contribution in [1.82, 2.24) is 10.1 Å². The first-order chi connectivity index (χ1) is 16.9. The van der Waals surface area contributed by atoms with Gasteiger partial charge in [-0.05, 0) is 24.3 Å². The largest absolute Gasteiger partial charge is 0.441 e. The summed E-state index contributed by atoms with van der Waals surface area (Å²) in [5, 5.41) is 24.8. The molecule has 0 spiro atoms. The lowest BCUT2D eigenvalue weighted by Crippen LogP contribution is -2.46. The zero-order valence-electron chi connectivity index (χ0n) is 18.4. The normalized spacial score (nSPS) is 19.7. The van der Waals surface area contributed by atoms with Gasteiger partial charge >= 0.3 is 12.0 Å². The Hall–Kier alpha value is -3.97. The fraction of sp³-hybridized carbons (Fsp3) is 0.364. The van der Waals surface area contributed by atoms with Crippen LogP contribution in [-0.2, 0) is 11.3 Å². The molecule has 2 aliphatic rings. The van der Waals surface area contributed by atoms with Crippen molar-refractivity contribution < 1.29 is 32.9 Å². The Morgan fingerprint density at radius 3 is 2.66 bits per heavy atom. The number of halogens is 1. The quantitative estimate of drug-likeness (QED) is 0.391. The van der Waals surface area contributed by atoms with E-state index in [0.29, 0.717) is 49.9 Å². The lowest BCUT2D eigenvalue weighted by molar-refractivity contribution is -0.402. The van der Waals surface area contributed by atoms with Crippen LogP contribution in [0.5, 0.6) is 0 Å². The van der Waals surface area contributed by atoms with Crippen LogP contribution in [0.4, 0.5) is 26.4 Å². The summed E-state index contributed by atoms with van der Waals surface area (Å²) in [7, 11) is 0. The smallest absolute Gasteiger partial charge is 0.433 e. The molecule has 13 heteroatoms. The number of carbonyl (C=O) groups is 1. The van der Waals surface area contributed by atoms with E-state index in [2.05, 4.69) is 10.1 Å². The Labute approximate surface area is 198 Å². The minimum Gasteiger partial charge on any atom is -0.441 e. The number of aliphatic hydroxyl groups excluding tert-OH is 1. The van der Waals surface area contributed by atoms with Gasteiger partial charge in [0.05, 0.1) is 30.5 Å². The summed E-state index contributed by atoms with van der Waals surface area (Å²) >= 11 is 0. The van der Waals surface area contributed by atoms with Crippen molar-refractivity contribution in [2.75, 3.05) is 42.5 Å². The summed E-state index contributed by atoms with van der Waals surface area (Å²) in [4.78, 5) is 27.8. The standard InChI is InChI=1S/C22H22FN5O7/c23-16-11-14(27-13-19(35-22(27)30)21(29)17-5-10-33-24-17)1-3-18(16)26-8-6-25(7-9-26)12-15-2-4-20(34-15)28(31)32/h1-5,10-11,19,21,29H,6-9,12-13H2. The van der Waals surface area contributed by atoms with Gasteiger partial charge in [0.25, 0.3) is 0 Å². The summed E-state index contributed by atoms with van der Waals surface area (Å²) in [5.41, 5.74) is 0.980. The van der Waals surface area contributed by atoms with Gasteiger partial charge in [-0.1, -0.05) is 5.16 Å². The van der Waals surface area contributed by atoms with Crippen LogP contribution < -0.4 is 9.80 Å². The number of anilines is 2. The molecule has 4 heterocycles. The van der Waals surface area contributed by atoms with Gasteiger partial charge in [-0.15, -0.1) is 0 Å². The summed E-state index contributed by atoms with van der Waals surface area (Å²) < 4.78 is 30.2. The molecular weight excluding hydrogens is 465 g/mol. The molecular formula is C22H22FN5O7. The number of amides is 1. The lowest BCUT2D eigenvalue weighted by Gasteiger charge is -2.36. The van der Waals surface area contributed by atoms with E-state index in [9.17, 15) is 20.0 Å². The molecule has 1 amide bonds. The van der Waals surface area contributed by atoms with Crippen LogP contribution in [0.25, 0.3) is 0 Å². The van der Waals surface area contributed by atoms with Crippen molar-refractivity contribution >= 4 is 23.4 Å². The fourth-order valence-electron chi connectivity index (χ4n) is 4.26. The maximum absolute atomic E-state index is 15.0. The van der Waals surface area contributed by atoms with E-state index in [1.165, 1.54) is 29.4 Å². The lowest BCUT2D eigenvalue weighted by atomic mass is 10.1. The van der Waals surface area contributed by atoms with Crippen LogP contribution >= 0.6 is 0 Å². The zero-order valence-corrected chi connectivity index (χ0v) is 18.4. The second kappa shape index (κ2) is 9.35. The van der Waals surface area contributed by atoms with Gasteiger partial charge in [0, 0.05) is 32.2 Å². The third-order valence-corrected chi connectivity index (χ3v) is 6.11. The van der Waals surface area contributed by atoms with Crippen LogP contribution in [0.15, 0.2) is 51.6 Å². The molecule has 35 heavy (non-hydrogen) atoms. The van der Waals surface area contributed by atoms with Crippen molar-refractivity contribution in [3.63, 3.8) is 0 Å². The Balaban J connectivity index is 1.19. The van der Waals surface area contributed by atoms with Gasteiger partial charge in [-0.3, -0.25) is 19.9 Å². The molecule has 2 unspecified atom stereocenters. The number of carbonyl (C=O) groups excluding carboxylic acids is 1. The summed E-state index contributed by atoms with van der Waals surface area (Å²) in [5.74, 6) is -0.266. The fourth-order valence-corrected chi connectivity index (χ4v) is 4.26.